The molecular weight excluding hydrogens is 277 g/mol. The van der Waals surface area contributed by atoms with E-state index in [0.717, 1.165) is 0 Å². The number of H-pyrrole nitrogens is 1. The highest BCUT2D eigenvalue weighted by atomic mass is 35.5. The lowest BCUT2D eigenvalue weighted by Crippen LogP contribution is -2.02. The molecule has 0 unspecified atom stereocenters. The first-order valence-electron chi connectivity index (χ1n) is 5.00. The molecule has 2 aromatic rings. The molecule has 0 aliphatic rings. The van der Waals surface area contributed by atoms with Crippen LogP contribution in [0.5, 0.6) is 0 Å². The van der Waals surface area contributed by atoms with Gasteiger partial charge in [0.1, 0.15) is 5.56 Å². The Hall–Kier alpha value is -1.72. The SMILES string of the molecule is Cc1[nH]nc(Nc2c(Cl)cccc2Cl)c1C(=O)O. The minimum Gasteiger partial charge on any atom is -0.477 e. The van der Waals surface area contributed by atoms with Crippen LogP contribution in [0.1, 0.15) is 16.1 Å². The molecule has 1 aromatic heterocycles. The van der Waals surface area contributed by atoms with Gasteiger partial charge in [-0.15, -0.1) is 0 Å². The number of nitrogens with one attached hydrogen (secondary N) is 2. The molecule has 0 saturated carbocycles. The number of rotatable bonds is 3. The van der Waals surface area contributed by atoms with Crippen molar-refractivity contribution in [1.82, 2.24) is 10.2 Å². The zero-order chi connectivity index (χ0) is 13.3. The number of benzene rings is 1. The van der Waals surface area contributed by atoms with Gasteiger partial charge >= 0.3 is 5.97 Å². The summed E-state index contributed by atoms with van der Waals surface area (Å²) in [6.45, 7) is 1.62. The Morgan fingerprint density at radius 1 is 1.39 bits per heavy atom. The number of anilines is 2. The largest absolute Gasteiger partial charge is 0.477 e. The molecule has 0 bridgehead atoms. The molecule has 0 saturated heterocycles. The van der Waals surface area contributed by atoms with Crippen LogP contribution in [0.4, 0.5) is 11.5 Å². The highest BCUT2D eigenvalue weighted by Gasteiger charge is 2.18. The normalized spacial score (nSPS) is 10.4. The molecule has 2 rings (SSSR count). The number of carbonyl (C=O) groups is 1. The maximum Gasteiger partial charge on any atom is 0.341 e. The fourth-order valence-electron chi connectivity index (χ4n) is 1.52. The van der Waals surface area contributed by atoms with Gasteiger partial charge in [-0.3, -0.25) is 5.10 Å². The molecule has 0 radical (unpaired) electrons. The molecular formula is C11H9Cl2N3O2. The molecule has 0 amide bonds. The number of aromatic carboxylic acids is 1. The van der Waals surface area contributed by atoms with Gasteiger partial charge in [0.25, 0.3) is 0 Å². The number of nitrogens with zero attached hydrogens (tertiary/aromatic N) is 1. The molecule has 0 aliphatic heterocycles. The van der Waals surface area contributed by atoms with E-state index in [9.17, 15) is 4.79 Å². The van der Waals surface area contributed by atoms with Gasteiger partial charge in [-0.25, -0.2) is 4.79 Å². The lowest BCUT2D eigenvalue weighted by Gasteiger charge is -2.08. The number of aryl methyl sites for hydroxylation is 1. The first kappa shape index (κ1) is 12.7. The third-order valence-corrected chi connectivity index (χ3v) is 3.00. The molecule has 3 N–H and O–H groups in total. The van der Waals surface area contributed by atoms with Crippen LogP contribution in [0, 0.1) is 6.92 Å². The van der Waals surface area contributed by atoms with Gasteiger partial charge in [-0.1, -0.05) is 29.3 Å². The van der Waals surface area contributed by atoms with E-state index in [1.165, 1.54) is 0 Å². The topological polar surface area (TPSA) is 78.0 Å². The van der Waals surface area contributed by atoms with E-state index in [1.54, 1.807) is 25.1 Å². The van der Waals surface area contributed by atoms with E-state index >= 15 is 0 Å². The summed E-state index contributed by atoms with van der Waals surface area (Å²) in [4.78, 5) is 11.1. The molecule has 1 aromatic carbocycles. The molecule has 0 fully saturated rings. The summed E-state index contributed by atoms with van der Waals surface area (Å²) in [5.74, 6) is -0.901. The second-order valence-electron chi connectivity index (χ2n) is 3.60. The second kappa shape index (κ2) is 4.88. The summed E-state index contributed by atoms with van der Waals surface area (Å²) in [5, 5.41) is 19.2. The Morgan fingerprint density at radius 3 is 2.56 bits per heavy atom. The van der Waals surface area contributed by atoms with Crippen LogP contribution in [0.15, 0.2) is 18.2 Å². The van der Waals surface area contributed by atoms with Crippen LogP contribution < -0.4 is 5.32 Å². The van der Waals surface area contributed by atoms with Crippen molar-refractivity contribution in [3.8, 4) is 0 Å². The molecule has 7 heteroatoms. The number of para-hydroxylation sites is 1. The Bertz CT molecular complexity index is 590. The zero-order valence-corrected chi connectivity index (χ0v) is 10.8. The van der Waals surface area contributed by atoms with Gasteiger partial charge in [0.2, 0.25) is 0 Å². The standard InChI is InChI=1S/C11H9Cl2N3O2/c1-5-8(11(17)18)10(16-15-5)14-9-6(12)3-2-4-7(9)13/h2-4H,1H3,(H,17,18)(H2,14,15,16). The van der Waals surface area contributed by atoms with Crippen LogP contribution in [0.3, 0.4) is 0 Å². The fourth-order valence-corrected chi connectivity index (χ4v) is 2.01. The van der Waals surface area contributed by atoms with Crippen molar-refractivity contribution in [2.24, 2.45) is 0 Å². The molecule has 0 aliphatic carbocycles. The quantitative estimate of drug-likeness (QED) is 0.807. The highest BCUT2D eigenvalue weighted by molar-refractivity contribution is 6.39. The van der Waals surface area contributed by atoms with Gasteiger partial charge in [0.15, 0.2) is 5.82 Å². The van der Waals surface area contributed by atoms with Crippen LogP contribution in [-0.4, -0.2) is 21.3 Å². The van der Waals surface area contributed by atoms with Crippen molar-refractivity contribution in [3.63, 3.8) is 0 Å². The predicted molar refractivity (Wildman–Crippen MR) is 70.0 cm³/mol. The van der Waals surface area contributed by atoms with Crippen molar-refractivity contribution in [1.29, 1.82) is 0 Å². The van der Waals surface area contributed by atoms with Gasteiger partial charge in [0, 0.05) is 5.69 Å². The van der Waals surface area contributed by atoms with Crippen molar-refractivity contribution < 1.29 is 9.90 Å². The van der Waals surface area contributed by atoms with E-state index < -0.39 is 5.97 Å². The number of hydrogen-bond acceptors (Lipinski definition) is 3. The van der Waals surface area contributed by atoms with Crippen molar-refractivity contribution >= 4 is 40.7 Å². The second-order valence-corrected chi connectivity index (χ2v) is 4.41. The van der Waals surface area contributed by atoms with Gasteiger partial charge in [0.05, 0.1) is 15.7 Å². The Labute approximate surface area is 113 Å². The summed E-state index contributed by atoms with van der Waals surface area (Å²) >= 11 is 12.0. The maximum absolute atomic E-state index is 11.1. The van der Waals surface area contributed by atoms with E-state index in [4.69, 9.17) is 28.3 Å². The molecule has 94 valence electrons. The number of aromatic nitrogens is 2. The average Bonchev–Trinajstić information content (AvgIpc) is 2.65. The minimum atomic E-state index is -1.08. The zero-order valence-electron chi connectivity index (χ0n) is 9.29. The van der Waals surface area contributed by atoms with Gasteiger partial charge in [-0.2, -0.15) is 5.10 Å². The molecule has 1 heterocycles. The van der Waals surface area contributed by atoms with E-state index in [2.05, 4.69) is 15.5 Å². The van der Waals surface area contributed by atoms with E-state index in [-0.39, 0.29) is 11.4 Å². The monoisotopic (exact) mass is 285 g/mol. The minimum absolute atomic E-state index is 0.0611. The number of carboxylic acid groups (broad SMARTS) is 1. The smallest absolute Gasteiger partial charge is 0.341 e. The Balaban J connectivity index is 2.44. The van der Waals surface area contributed by atoms with Crippen LogP contribution in [0.2, 0.25) is 10.0 Å². The van der Waals surface area contributed by atoms with Crippen LogP contribution in [-0.2, 0) is 0 Å². The maximum atomic E-state index is 11.1. The molecule has 5 nitrogen and oxygen atoms in total. The predicted octanol–water partition coefficient (Wildman–Crippen LogP) is 3.47. The molecule has 0 spiro atoms. The van der Waals surface area contributed by atoms with E-state index in [1.807, 2.05) is 0 Å². The lowest BCUT2D eigenvalue weighted by atomic mass is 10.2. The Morgan fingerprint density at radius 2 is 2.00 bits per heavy atom. The number of aromatic amines is 1. The number of carboxylic acids is 1. The summed E-state index contributed by atoms with van der Waals surface area (Å²) in [7, 11) is 0. The summed E-state index contributed by atoms with van der Waals surface area (Å²) in [5.41, 5.74) is 0.939. The van der Waals surface area contributed by atoms with Gasteiger partial charge in [-0.05, 0) is 19.1 Å². The highest BCUT2D eigenvalue weighted by Crippen LogP contribution is 2.33. The first-order chi connectivity index (χ1) is 8.50. The third-order valence-electron chi connectivity index (χ3n) is 2.37. The molecule has 18 heavy (non-hydrogen) atoms. The molecule has 0 atom stereocenters. The van der Waals surface area contributed by atoms with Crippen LogP contribution in [0.25, 0.3) is 0 Å². The lowest BCUT2D eigenvalue weighted by molar-refractivity contribution is 0.0697. The van der Waals surface area contributed by atoms with Crippen molar-refractivity contribution in [2.75, 3.05) is 5.32 Å². The van der Waals surface area contributed by atoms with Crippen molar-refractivity contribution in [3.05, 3.63) is 39.5 Å². The van der Waals surface area contributed by atoms with Crippen molar-refractivity contribution in [2.45, 2.75) is 6.92 Å². The summed E-state index contributed by atoms with van der Waals surface area (Å²) in [6.07, 6.45) is 0. The summed E-state index contributed by atoms with van der Waals surface area (Å²) < 4.78 is 0. The fraction of sp³-hybridized carbons (Fsp3) is 0.0909. The van der Waals surface area contributed by atoms with Crippen LogP contribution >= 0.6 is 23.2 Å². The van der Waals surface area contributed by atoms with E-state index in [0.29, 0.717) is 21.4 Å². The average molecular weight is 286 g/mol. The number of hydrogen-bond donors (Lipinski definition) is 3. The first-order valence-corrected chi connectivity index (χ1v) is 5.75. The summed E-state index contributed by atoms with van der Waals surface area (Å²) in [6, 6.07) is 5.00. The third kappa shape index (κ3) is 2.27. The van der Waals surface area contributed by atoms with Gasteiger partial charge < -0.3 is 10.4 Å². The Kier molecular flexibility index (Phi) is 3.45. The number of halogens is 2.